The quantitative estimate of drug-likeness (QED) is 0.727. The zero-order valence-electron chi connectivity index (χ0n) is 9.88. The van der Waals surface area contributed by atoms with Crippen LogP contribution in [-0.4, -0.2) is 26.6 Å². The highest BCUT2D eigenvalue weighted by atomic mass is 32.1. The number of nitrogens with one attached hydrogen (secondary N) is 1. The topological polar surface area (TPSA) is 112 Å². The first kappa shape index (κ1) is 12.4. The number of anilines is 2. The van der Waals surface area contributed by atoms with Crippen LogP contribution in [0.2, 0.25) is 0 Å². The van der Waals surface area contributed by atoms with Gasteiger partial charge in [0.25, 0.3) is 5.91 Å². The minimum Gasteiger partial charge on any atom is -0.382 e. The molecule has 0 saturated carbocycles. The van der Waals surface area contributed by atoms with E-state index in [1.165, 1.54) is 0 Å². The molecule has 0 unspecified atom stereocenters. The maximum Gasteiger partial charge on any atom is 0.255 e. The van der Waals surface area contributed by atoms with E-state index in [0.29, 0.717) is 18.1 Å². The van der Waals surface area contributed by atoms with Gasteiger partial charge in [-0.25, -0.2) is 0 Å². The predicted octanol–water partition coefficient (Wildman–Crippen LogP) is 0.441. The molecule has 0 aromatic carbocycles. The Hall–Kier alpha value is -2.09. The molecule has 0 radical (unpaired) electrons. The molecule has 0 atom stereocenters. The van der Waals surface area contributed by atoms with Crippen molar-refractivity contribution in [1.82, 2.24) is 14.2 Å². The summed E-state index contributed by atoms with van der Waals surface area (Å²) >= 11 is 1.13. The lowest BCUT2D eigenvalue weighted by Crippen LogP contribution is -2.16. The Labute approximate surface area is 108 Å². The van der Waals surface area contributed by atoms with Crippen LogP contribution in [0.15, 0.2) is 12.4 Å². The maximum atomic E-state index is 11.2. The van der Waals surface area contributed by atoms with Crippen LogP contribution in [-0.2, 0) is 6.54 Å². The summed E-state index contributed by atoms with van der Waals surface area (Å²) < 4.78 is 5.72. The number of carbonyl (C=O) groups is 1. The van der Waals surface area contributed by atoms with E-state index >= 15 is 0 Å². The van der Waals surface area contributed by atoms with E-state index in [4.69, 9.17) is 11.5 Å². The van der Waals surface area contributed by atoms with Gasteiger partial charge >= 0.3 is 0 Å². The number of hydrogen-bond donors (Lipinski definition) is 3. The zero-order valence-corrected chi connectivity index (χ0v) is 10.7. The SMILES string of the molecule is Cc1cnn(CCNc2snc(N)c2C(N)=O)c1. The fourth-order valence-corrected chi connectivity index (χ4v) is 2.28. The standard InChI is InChI=1S/C10H14N6OS/c1-6-4-14-16(5-6)3-2-13-10-7(9(12)17)8(11)15-18-10/h4-5,13H,2-3H2,1H3,(H2,11,15)(H2,12,17). The van der Waals surface area contributed by atoms with Crippen molar-refractivity contribution in [3.05, 3.63) is 23.5 Å². The lowest BCUT2D eigenvalue weighted by molar-refractivity contribution is 0.100. The largest absolute Gasteiger partial charge is 0.382 e. The molecule has 0 saturated heterocycles. The average Bonchev–Trinajstić information content (AvgIpc) is 2.86. The van der Waals surface area contributed by atoms with Gasteiger partial charge in [0, 0.05) is 12.7 Å². The molecule has 2 rings (SSSR count). The second-order valence-electron chi connectivity index (χ2n) is 3.84. The number of rotatable bonds is 5. The van der Waals surface area contributed by atoms with Crippen molar-refractivity contribution in [1.29, 1.82) is 0 Å². The van der Waals surface area contributed by atoms with Crippen LogP contribution < -0.4 is 16.8 Å². The number of nitrogens with zero attached hydrogens (tertiary/aromatic N) is 3. The number of carbonyl (C=O) groups excluding carboxylic acids is 1. The minimum atomic E-state index is -0.571. The fraction of sp³-hybridized carbons (Fsp3) is 0.300. The third-order valence-corrected chi connectivity index (χ3v) is 3.17. The number of primary amides is 1. The number of nitrogen functional groups attached to an aromatic ring is 1. The van der Waals surface area contributed by atoms with E-state index in [0.717, 1.165) is 17.1 Å². The van der Waals surface area contributed by atoms with Gasteiger partial charge in [-0.05, 0) is 24.0 Å². The second kappa shape index (κ2) is 5.05. The van der Waals surface area contributed by atoms with Crippen molar-refractivity contribution < 1.29 is 4.79 Å². The van der Waals surface area contributed by atoms with Crippen LogP contribution in [0.25, 0.3) is 0 Å². The molecule has 0 aliphatic carbocycles. The summed E-state index contributed by atoms with van der Waals surface area (Å²) in [5.41, 5.74) is 12.2. The Morgan fingerprint density at radius 3 is 3.00 bits per heavy atom. The van der Waals surface area contributed by atoms with Crippen molar-refractivity contribution >= 4 is 28.3 Å². The molecular weight excluding hydrogens is 252 g/mol. The smallest absolute Gasteiger partial charge is 0.255 e. The summed E-state index contributed by atoms with van der Waals surface area (Å²) in [6, 6.07) is 0. The van der Waals surface area contributed by atoms with Crippen molar-refractivity contribution in [3.63, 3.8) is 0 Å². The van der Waals surface area contributed by atoms with Crippen LogP contribution in [0.5, 0.6) is 0 Å². The van der Waals surface area contributed by atoms with Gasteiger partial charge in [0.2, 0.25) is 0 Å². The summed E-state index contributed by atoms with van der Waals surface area (Å²) in [5, 5.41) is 7.85. The van der Waals surface area contributed by atoms with Gasteiger partial charge in [0.1, 0.15) is 10.6 Å². The van der Waals surface area contributed by atoms with E-state index in [2.05, 4.69) is 14.8 Å². The molecule has 96 valence electrons. The molecule has 8 heteroatoms. The van der Waals surface area contributed by atoms with E-state index in [-0.39, 0.29) is 11.4 Å². The summed E-state index contributed by atoms with van der Waals surface area (Å²) in [4.78, 5) is 11.2. The van der Waals surface area contributed by atoms with Crippen molar-refractivity contribution in [2.45, 2.75) is 13.5 Å². The van der Waals surface area contributed by atoms with Gasteiger partial charge < -0.3 is 16.8 Å². The Bertz CT molecular complexity index is 560. The van der Waals surface area contributed by atoms with Gasteiger partial charge in [-0.1, -0.05) is 0 Å². The summed E-state index contributed by atoms with van der Waals surface area (Å²) in [7, 11) is 0. The van der Waals surface area contributed by atoms with Gasteiger partial charge in [-0.2, -0.15) is 9.47 Å². The molecule has 0 bridgehead atoms. The molecule has 0 aliphatic rings. The maximum absolute atomic E-state index is 11.2. The highest BCUT2D eigenvalue weighted by Gasteiger charge is 2.15. The fourth-order valence-electron chi connectivity index (χ4n) is 1.53. The predicted molar refractivity (Wildman–Crippen MR) is 70.5 cm³/mol. The Morgan fingerprint density at radius 1 is 1.61 bits per heavy atom. The zero-order chi connectivity index (χ0) is 13.1. The summed E-state index contributed by atoms with van der Waals surface area (Å²) in [6.45, 7) is 3.28. The highest BCUT2D eigenvalue weighted by molar-refractivity contribution is 7.11. The monoisotopic (exact) mass is 266 g/mol. The van der Waals surface area contributed by atoms with Crippen molar-refractivity contribution in [2.24, 2.45) is 5.73 Å². The number of amides is 1. The molecule has 5 N–H and O–H groups in total. The molecule has 2 aromatic rings. The van der Waals surface area contributed by atoms with Gasteiger partial charge in [0.05, 0.1) is 12.7 Å². The van der Waals surface area contributed by atoms with Crippen LogP contribution in [0.4, 0.5) is 10.8 Å². The average molecular weight is 266 g/mol. The Balaban J connectivity index is 1.96. The van der Waals surface area contributed by atoms with Crippen molar-refractivity contribution in [2.75, 3.05) is 17.6 Å². The number of nitrogens with two attached hydrogens (primary N) is 2. The van der Waals surface area contributed by atoms with Gasteiger partial charge in [0.15, 0.2) is 5.82 Å². The van der Waals surface area contributed by atoms with Crippen molar-refractivity contribution in [3.8, 4) is 0 Å². The first-order chi connectivity index (χ1) is 8.58. The molecule has 2 aromatic heterocycles. The molecule has 2 heterocycles. The Morgan fingerprint density at radius 2 is 2.39 bits per heavy atom. The van der Waals surface area contributed by atoms with E-state index < -0.39 is 5.91 Å². The van der Waals surface area contributed by atoms with E-state index in [1.807, 2.05) is 17.8 Å². The Kier molecular flexibility index (Phi) is 3.47. The van der Waals surface area contributed by atoms with E-state index in [9.17, 15) is 4.79 Å². The first-order valence-electron chi connectivity index (χ1n) is 5.36. The minimum absolute atomic E-state index is 0.171. The molecular formula is C10H14N6OS. The second-order valence-corrected chi connectivity index (χ2v) is 4.62. The van der Waals surface area contributed by atoms with Crippen LogP contribution in [0.1, 0.15) is 15.9 Å². The van der Waals surface area contributed by atoms with Gasteiger partial charge in [-0.3, -0.25) is 9.48 Å². The molecule has 7 nitrogen and oxygen atoms in total. The lowest BCUT2D eigenvalue weighted by Gasteiger charge is -2.05. The molecule has 0 fully saturated rings. The lowest BCUT2D eigenvalue weighted by atomic mass is 10.3. The van der Waals surface area contributed by atoms with Crippen LogP contribution in [0, 0.1) is 6.92 Å². The summed E-state index contributed by atoms with van der Waals surface area (Å²) in [6.07, 6.45) is 3.73. The van der Waals surface area contributed by atoms with E-state index in [1.54, 1.807) is 6.20 Å². The highest BCUT2D eigenvalue weighted by Crippen LogP contribution is 2.25. The molecule has 0 aliphatic heterocycles. The number of hydrogen-bond acceptors (Lipinski definition) is 6. The molecule has 18 heavy (non-hydrogen) atoms. The third-order valence-electron chi connectivity index (χ3n) is 2.35. The van der Waals surface area contributed by atoms with Crippen LogP contribution >= 0.6 is 11.5 Å². The molecule has 1 amide bonds. The van der Waals surface area contributed by atoms with Gasteiger partial charge in [-0.15, -0.1) is 0 Å². The summed E-state index contributed by atoms with van der Waals surface area (Å²) in [5.74, 6) is -0.399. The first-order valence-corrected chi connectivity index (χ1v) is 6.13. The third kappa shape index (κ3) is 2.59. The normalized spacial score (nSPS) is 10.5. The molecule has 0 spiro atoms. The number of aryl methyl sites for hydroxylation is 1. The van der Waals surface area contributed by atoms with Crippen LogP contribution in [0.3, 0.4) is 0 Å². The number of aromatic nitrogens is 3.